The maximum absolute atomic E-state index is 15.5. The zero-order valence-corrected chi connectivity index (χ0v) is 33.5. The van der Waals surface area contributed by atoms with Crippen LogP contribution in [0, 0.1) is 30.6 Å². The molecule has 3 fully saturated rings. The number of aryl methyl sites for hydroxylation is 1. The van der Waals surface area contributed by atoms with E-state index in [0.717, 1.165) is 16.1 Å². The topological polar surface area (TPSA) is 125 Å². The molecule has 10 nitrogen and oxygen atoms in total. The molecular formula is C41H33BrCl3N3O7. The van der Waals surface area contributed by atoms with Crippen molar-refractivity contribution in [3.8, 4) is 17.2 Å². The second kappa shape index (κ2) is 13.9. The van der Waals surface area contributed by atoms with Crippen molar-refractivity contribution >= 4 is 85.7 Å². The van der Waals surface area contributed by atoms with E-state index in [1.165, 1.54) is 25.2 Å². The molecule has 2 aliphatic carbocycles. The minimum absolute atomic E-state index is 0.0739. The molecule has 4 aromatic rings. The van der Waals surface area contributed by atoms with Crippen LogP contribution in [0.25, 0.3) is 0 Å². The number of phenolic OH excluding ortho intramolecular Hbond substituents is 1. The highest BCUT2D eigenvalue weighted by molar-refractivity contribution is 9.10. The summed E-state index contributed by atoms with van der Waals surface area (Å²) < 4.78 is 11.4. The molecule has 4 amide bonds. The highest BCUT2D eigenvalue weighted by Crippen LogP contribution is 2.65. The van der Waals surface area contributed by atoms with Gasteiger partial charge in [-0.1, -0.05) is 64.7 Å². The number of halogens is 4. The number of phenols is 1. The summed E-state index contributed by atoms with van der Waals surface area (Å²) >= 11 is 22.7. The van der Waals surface area contributed by atoms with Crippen molar-refractivity contribution in [3.05, 3.63) is 121 Å². The van der Waals surface area contributed by atoms with E-state index < -0.39 is 52.7 Å². The summed E-state index contributed by atoms with van der Waals surface area (Å²) in [6.07, 6.45) is 2.24. The fourth-order valence-corrected chi connectivity index (χ4v) is 10.2. The average Bonchev–Trinajstić information content (AvgIpc) is 3.55. The number of nitrogens with one attached hydrogen (secondary N) is 1. The second-order valence-corrected chi connectivity index (χ2v) is 16.3. The minimum atomic E-state index is -1.60. The Morgan fingerprint density at radius 2 is 1.60 bits per heavy atom. The summed E-state index contributed by atoms with van der Waals surface area (Å²) in [7, 11) is 2.95. The normalized spacial score (nSPS) is 25.7. The molecule has 2 heterocycles. The number of benzene rings is 4. The largest absolute Gasteiger partial charge is 0.503 e. The fraction of sp³-hybridized carbons (Fsp3) is 0.268. The molecular weight excluding hydrogens is 833 g/mol. The van der Waals surface area contributed by atoms with Crippen LogP contribution in [0.2, 0.25) is 15.1 Å². The fourth-order valence-electron chi connectivity index (χ4n) is 9.11. The number of aromatic hydroxyl groups is 1. The van der Waals surface area contributed by atoms with E-state index in [1.54, 1.807) is 66.7 Å². The number of amides is 4. The SMILES string of the molecule is COc1ccc(C23C(=O)N(Nc4ccc(Cl)cc4Cl)C(=O)C2CC2C(=CCC4C(=O)N(c5ccc(C)c(Cl)c5)C(=O)C42)C3c2cc(Br)c(O)c(OC)c2)cc1. The molecule has 8 rings (SSSR count). The Morgan fingerprint density at radius 3 is 2.27 bits per heavy atom. The van der Waals surface area contributed by atoms with Gasteiger partial charge in [0.25, 0.3) is 11.8 Å². The summed E-state index contributed by atoms with van der Waals surface area (Å²) in [5, 5.41) is 12.9. The molecule has 0 bridgehead atoms. The van der Waals surface area contributed by atoms with Crippen molar-refractivity contribution < 1.29 is 33.8 Å². The van der Waals surface area contributed by atoms with Crippen molar-refractivity contribution in [3.63, 3.8) is 0 Å². The van der Waals surface area contributed by atoms with Crippen molar-refractivity contribution in [2.24, 2.45) is 23.7 Å². The molecule has 0 radical (unpaired) electrons. The number of carbonyl (C=O) groups excluding carboxylic acids is 4. The van der Waals surface area contributed by atoms with Gasteiger partial charge >= 0.3 is 0 Å². The van der Waals surface area contributed by atoms with Gasteiger partial charge in [0.2, 0.25) is 11.8 Å². The molecule has 4 aromatic carbocycles. The van der Waals surface area contributed by atoms with E-state index in [9.17, 15) is 14.7 Å². The minimum Gasteiger partial charge on any atom is -0.503 e. The van der Waals surface area contributed by atoms with E-state index in [2.05, 4.69) is 21.4 Å². The predicted molar refractivity (Wildman–Crippen MR) is 212 cm³/mol. The number of rotatable bonds is 7. The van der Waals surface area contributed by atoms with Gasteiger partial charge in [-0.05, 0) is 113 Å². The first kappa shape index (κ1) is 37.4. The van der Waals surface area contributed by atoms with Gasteiger partial charge in [-0.25, -0.2) is 4.90 Å². The zero-order chi connectivity index (χ0) is 39.1. The number of carbonyl (C=O) groups is 4. The lowest BCUT2D eigenvalue weighted by Crippen LogP contribution is -2.53. The van der Waals surface area contributed by atoms with Crippen LogP contribution in [0.4, 0.5) is 11.4 Å². The van der Waals surface area contributed by atoms with Crippen molar-refractivity contribution in [2.45, 2.75) is 31.1 Å². The molecule has 282 valence electrons. The van der Waals surface area contributed by atoms with Crippen LogP contribution in [0.15, 0.2) is 88.9 Å². The number of methoxy groups -OCH3 is 2. The monoisotopic (exact) mass is 863 g/mol. The first-order valence-corrected chi connectivity index (χ1v) is 19.4. The van der Waals surface area contributed by atoms with E-state index in [-0.39, 0.29) is 41.0 Å². The number of nitrogens with zero attached hydrogens (tertiary/aromatic N) is 2. The summed E-state index contributed by atoms with van der Waals surface area (Å²) in [5.41, 5.74) is 4.65. The van der Waals surface area contributed by atoms with Gasteiger partial charge in [-0.15, -0.1) is 0 Å². The molecule has 2 aliphatic heterocycles. The van der Waals surface area contributed by atoms with Gasteiger partial charge in [0.05, 0.1) is 58.3 Å². The number of allylic oxidation sites excluding steroid dienone is 2. The number of fused-ring (bicyclic) bond motifs is 4. The number of hydrogen-bond donors (Lipinski definition) is 2. The van der Waals surface area contributed by atoms with Gasteiger partial charge in [0, 0.05) is 16.0 Å². The molecule has 6 atom stereocenters. The maximum atomic E-state index is 15.5. The van der Waals surface area contributed by atoms with Crippen LogP contribution < -0.4 is 19.8 Å². The Balaban J connectivity index is 1.35. The Bertz CT molecular complexity index is 2350. The van der Waals surface area contributed by atoms with E-state index in [1.807, 2.05) is 13.0 Å². The van der Waals surface area contributed by atoms with Crippen LogP contribution in [0.3, 0.4) is 0 Å². The van der Waals surface area contributed by atoms with Crippen LogP contribution >= 0.6 is 50.7 Å². The Hall–Kier alpha value is -4.55. The number of anilines is 2. The standard InChI is InChI=1S/C41H33BrCl3N3O7/c1-19-4-8-23(17-30(19)44)47-37(50)26-12-11-25-27(34(26)39(47)52)18-28-38(51)48(46-32-13-7-22(43)16-31(32)45)40(53)41(28,21-5-9-24(54-2)10-6-21)35(25)20-14-29(42)36(49)33(15-20)55-3/h4-11,13-17,26-28,34-35,46,49H,12,18H2,1-3H3. The van der Waals surface area contributed by atoms with Crippen molar-refractivity contribution in [1.29, 1.82) is 0 Å². The van der Waals surface area contributed by atoms with Gasteiger partial charge < -0.3 is 14.6 Å². The molecule has 0 spiro atoms. The lowest BCUT2D eigenvalue weighted by Gasteiger charge is -2.50. The highest BCUT2D eigenvalue weighted by Gasteiger charge is 2.70. The summed E-state index contributed by atoms with van der Waals surface area (Å²) in [4.78, 5) is 60.5. The Morgan fingerprint density at radius 1 is 0.855 bits per heavy atom. The van der Waals surface area contributed by atoms with Crippen molar-refractivity contribution in [1.82, 2.24) is 5.01 Å². The first-order chi connectivity index (χ1) is 26.3. The lowest BCUT2D eigenvalue weighted by molar-refractivity contribution is -0.138. The van der Waals surface area contributed by atoms with Crippen molar-refractivity contribution in [2.75, 3.05) is 24.5 Å². The number of hydrazine groups is 1. The smallest absolute Gasteiger partial charge is 0.260 e. The van der Waals surface area contributed by atoms with Gasteiger partial charge in [0.1, 0.15) is 5.75 Å². The number of imide groups is 2. The number of hydrogen-bond acceptors (Lipinski definition) is 8. The maximum Gasteiger partial charge on any atom is 0.260 e. The molecule has 6 unspecified atom stereocenters. The zero-order valence-electron chi connectivity index (χ0n) is 29.6. The third-order valence-corrected chi connectivity index (χ3v) is 13.2. The quantitative estimate of drug-likeness (QED) is 0.140. The van der Waals surface area contributed by atoms with E-state index in [0.29, 0.717) is 37.1 Å². The van der Waals surface area contributed by atoms with E-state index in [4.69, 9.17) is 44.3 Å². The lowest BCUT2D eigenvalue weighted by atomic mass is 9.49. The summed E-state index contributed by atoms with van der Waals surface area (Å²) in [6, 6.07) is 20.1. The van der Waals surface area contributed by atoms with Crippen LogP contribution in [-0.4, -0.2) is 48.0 Å². The molecule has 14 heteroatoms. The average molecular weight is 866 g/mol. The van der Waals surface area contributed by atoms with Gasteiger partial charge in [-0.3, -0.25) is 24.6 Å². The highest BCUT2D eigenvalue weighted by atomic mass is 79.9. The molecule has 2 N–H and O–H groups in total. The third-order valence-electron chi connectivity index (χ3n) is 11.6. The van der Waals surface area contributed by atoms with E-state index >= 15 is 9.59 Å². The Labute approximate surface area is 340 Å². The first-order valence-electron chi connectivity index (χ1n) is 17.5. The molecule has 4 aliphatic rings. The third kappa shape index (κ3) is 5.64. The summed E-state index contributed by atoms with van der Waals surface area (Å²) in [6.45, 7) is 1.84. The van der Waals surface area contributed by atoms with Crippen LogP contribution in [0.1, 0.15) is 35.4 Å². The second-order valence-electron chi connectivity index (χ2n) is 14.2. The molecule has 55 heavy (non-hydrogen) atoms. The molecule has 2 saturated heterocycles. The number of ether oxygens (including phenoxy) is 2. The Kier molecular flexibility index (Phi) is 9.43. The van der Waals surface area contributed by atoms with Gasteiger partial charge in [-0.2, -0.15) is 5.01 Å². The van der Waals surface area contributed by atoms with Crippen LogP contribution in [0.5, 0.6) is 17.2 Å². The molecule has 0 aromatic heterocycles. The van der Waals surface area contributed by atoms with Gasteiger partial charge in [0.15, 0.2) is 11.5 Å². The summed E-state index contributed by atoms with van der Waals surface area (Å²) in [5.74, 6) is -5.40. The van der Waals surface area contributed by atoms with Crippen LogP contribution in [-0.2, 0) is 24.6 Å². The predicted octanol–water partition coefficient (Wildman–Crippen LogP) is 8.63. The molecule has 1 saturated carbocycles.